The number of nitrogens with one attached hydrogen (secondary N) is 2. The first-order chi connectivity index (χ1) is 15.6. The zero-order valence-corrected chi connectivity index (χ0v) is 18.4. The fourth-order valence-corrected chi connectivity index (χ4v) is 4.30. The first-order valence-electron chi connectivity index (χ1n) is 11.4. The predicted molar refractivity (Wildman–Crippen MR) is 123 cm³/mol. The highest BCUT2D eigenvalue weighted by Gasteiger charge is 2.17. The normalized spacial score (nSPS) is 16.2. The van der Waals surface area contributed by atoms with Crippen molar-refractivity contribution in [1.29, 1.82) is 0 Å². The average molecular weight is 438 g/mol. The average Bonchev–Trinajstić information content (AvgIpc) is 2.82. The third kappa shape index (κ3) is 5.87. The highest BCUT2D eigenvalue weighted by molar-refractivity contribution is 5.97. The first-order valence-corrected chi connectivity index (χ1v) is 11.4. The van der Waals surface area contributed by atoms with Gasteiger partial charge in [-0.25, -0.2) is 0 Å². The van der Waals surface area contributed by atoms with Gasteiger partial charge in [0.25, 0.3) is 5.91 Å². The fraction of sp³-hybridized carbons (Fsp3) is 0.440. The summed E-state index contributed by atoms with van der Waals surface area (Å²) in [5.41, 5.74) is 4.20. The second kappa shape index (κ2) is 10.6. The molecule has 1 saturated heterocycles. The van der Waals surface area contributed by atoms with Gasteiger partial charge in [0.05, 0.1) is 18.8 Å². The standard InChI is InChI=1S/C25H31N3O4/c29-23-16-20-6-2-1-5-19(20)15-22(23)25(31)26-17-18-4-3-7-21(14-18)27-24(30)8-9-28-10-12-32-13-11-28/h3-4,7,14-16,29H,1-2,5-6,8-13,17H2,(H,26,31)(H,27,30). The summed E-state index contributed by atoms with van der Waals surface area (Å²) in [5, 5.41) is 16.1. The monoisotopic (exact) mass is 437 g/mol. The van der Waals surface area contributed by atoms with E-state index >= 15 is 0 Å². The van der Waals surface area contributed by atoms with Crippen LogP contribution >= 0.6 is 0 Å². The molecule has 0 unspecified atom stereocenters. The smallest absolute Gasteiger partial charge is 0.255 e. The van der Waals surface area contributed by atoms with Crippen LogP contribution < -0.4 is 10.6 Å². The SMILES string of the molecule is O=C(CCN1CCOCC1)Nc1cccc(CNC(=O)c2cc3c(cc2O)CCCC3)c1. The number of amides is 2. The zero-order chi connectivity index (χ0) is 22.3. The lowest BCUT2D eigenvalue weighted by Gasteiger charge is -2.26. The molecule has 2 aromatic rings. The summed E-state index contributed by atoms with van der Waals surface area (Å²) < 4.78 is 5.33. The summed E-state index contributed by atoms with van der Waals surface area (Å²) in [7, 11) is 0. The summed E-state index contributed by atoms with van der Waals surface area (Å²) in [4.78, 5) is 27.2. The first kappa shape index (κ1) is 22.3. The van der Waals surface area contributed by atoms with Crippen LogP contribution in [0.4, 0.5) is 5.69 Å². The van der Waals surface area contributed by atoms with Crippen molar-refractivity contribution in [1.82, 2.24) is 10.2 Å². The van der Waals surface area contributed by atoms with Gasteiger partial charge in [-0.3, -0.25) is 14.5 Å². The number of morpholine rings is 1. The minimum absolute atomic E-state index is 0.0309. The van der Waals surface area contributed by atoms with Gasteiger partial charge in [0.15, 0.2) is 0 Å². The van der Waals surface area contributed by atoms with Crippen molar-refractivity contribution in [3.8, 4) is 5.75 Å². The Hall–Kier alpha value is -2.90. The summed E-state index contributed by atoms with van der Waals surface area (Å²) in [6, 6.07) is 11.0. The molecule has 7 nitrogen and oxygen atoms in total. The van der Waals surface area contributed by atoms with E-state index in [0.717, 1.165) is 75.2 Å². The highest BCUT2D eigenvalue weighted by Crippen LogP contribution is 2.28. The van der Waals surface area contributed by atoms with Gasteiger partial charge in [0.2, 0.25) is 5.91 Å². The maximum absolute atomic E-state index is 12.7. The number of hydrogen-bond acceptors (Lipinski definition) is 5. The number of aryl methyl sites for hydroxylation is 2. The summed E-state index contributed by atoms with van der Waals surface area (Å²) in [6.07, 6.45) is 4.57. The van der Waals surface area contributed by atoms with E-state index in [4.69, 9.17) is 4.74 Å². The zero-order valence-electron chi connectivity index (χ0n) is 18.4. The molecule has 32 heavy (non-hydrogen) atoms. The molecule has 2 aliphatic rings. The molecule has 2 amide bonds. The van der Waals surface area contributed by atoms with Crippen LogP contribution in [0.25, 0.3) is 0 Å². The van der Waals surface area contributed by atoms with Gasteiger partial charge in [0.1, 0.15) is 5.75 Å². The third-order valence-corrected chi connectivity index (χ3v) is 6.13. The van der Waals surface area contributed by atoms with E-state index in [-0.39, 0.29) is 17.6 Å². The third-order valence-electron chi connectivity index (χ3n) is 6.13. The molecular weight excluding hydrogens is 406 g/mol. The maximum Gasteiger partial charge on any atom is 0.255 e. The fourth-order valence-electron chi connectivity index (χ4n) is 4.30. The Kier molecular flexibility index (Phi) is 7.39. The van der Waals surface area contributed by atoms with Gasteiger partial charge in [-0.15, -0.1) is 0 Å². The minimum Gasteiger partial charge on any atom is -0.507 e. The Morgan fingerprint density at radius 3 is 2.56 bits per heavy atom. The largest absolute Gasteiger partial charge is 0.507 e. The molecule has 1 aliphatic carbocycles. The predicted octanol–water partition coefficient (Wildman–Crippen LogP) is 2.86. The van der Waals surface area contributed by atoms with Crippen molar-refractivity contribution in [3.05, 3.63) is 58.7 Å². The Morgan fingerprint density at radius 2 is 1.78 bits per heavy atom. The molecule has 2 aromatic carbocycles. The molecular formula is C25H31N3O4. The molecule has 7 heteroatoms. The maximum atomic E-state index is 12.7. The molecule has 0 radical (unpaired) electrons. The molecule has 0 aromatic heterocycles. The topological polar surface area (TPSA) is 90.9 Å². The summed E-state index contributed by atoms with van der Waals surface area (Å²) in [5.74, 6) is -0.295. The number of anilines is 1. The number of phenolic OH excluding ortho intramolecular Hbond substituents is 1. The molecule has 0 saturated carbocycles. The number of phenols is 1. The Bertz CT molecular complexity index is 970. The summed E-state index contributed by atoms with van der Waals surface area (Å²) >= 11 is 0. The Morgan fingerprint density at radius 1 is 1.03 bits per heavy atom. The second-order valence-corrected chi connectivity index (χ2v) is 8.48. The minimum atomic E-state index is -0.296. The van der Waals surface area contributed by atoms with Crippen LogP contribution in [-0.2, 0) is 28.9 Å². The van der Waals surface area contributed by atoms with Crippen molar-refractivity contribution < 1.29 is 19.4 Å². The molecule has 1 heterocycles. The van der Waals surface area contributed by atoms with Crippen LogP contribution in [0.5, 0.6) is 5.75 Å². The van der Waals surface area contributed by atoms with Crippen LogP contribution in [-0.4, -0.2) is 54.7 Å². The number of benzene rings is 2. The number of rotatable bonds is 7. The number of ether oxygens (including phenoxy) is 1. The molecule has 0 atom stereocenters. The molecule has 0 bridgehead atoms. The molecule has 4 rings (SSSR count). The number of fused-ring (bicyclic) bond motifs is 1. The molecule has 1 fully saturated rings. The van der Waals surface area contributed by atoms with E-state index in [1.807, 2.05) is 30.3 Å². The van der Waals surface area contributed by atoms with E-state index in [1.54, 1.807) is 6.07 Å². The van der Waals surface area contributed by atoms with Crippen molar-refractivity contribution in [2.75, 3.05) is 38.2 Å². The number of carbonyl (C=O) groups is 2. The number of nitrogens with zero attached hydrogens (tertiary/aromatic N) is 1. The van der Waals surface area contributed by atoms with Gasteiger partial charge >= 0.3 is 0 Å². The van der Waals surface area contributed by atoms with Crippen LogP contribution in [0, 0.1) is 0 Å². The van der Waals surface area contributed by atoms with Crippen molar-refractivity contribution in [3.63, 3.8) is 0 Å². The molecule has 0 spiro atoms. The molecule has 3 N–H and O–H groups in total. The highest BCUT2D eigenvalue weighted by atomic mass is 16.5. The Labute approximate surface area is 188 Å². The van der Waals surface area contributed by atoms with E-state index in [9.17, 15) is 14.7 Å². The van der Waals surface area contributed by atoms with Gasteiger partial charge < -0.3 is 20.5 Å². The van der Waals surface area contributed by atoms with E-state index in [1.165, 1.54) is 0 Å². The van der Waals surface area contributed by atoms with Crippen molar-refractivity contribution >= 4 is 17.5 Å². The Balaban J connectivity index is 1.30. The number of hydrogen-bond donors (Lipinski definition) is 3. The lowest BCUT2D eigenvalue weighted by atomic mass is 9.90. The quantitative estimate of drug-likeness (QED) is 0.620. The van der Waals surface area contributed by atoms with E-state index < -0.39 is 0 Å². The molecule has 170 valence electrons. The summed E-state index contributed by atoms with van der Waals surface area (Å²) in [6.45, 7) is 4.20. The van der Waals surface area contributed by atoms with Crippen LogP contribution in [0.2, 0.25) is 0 Å². The van der Waals surface area contributed by atoms with Crippen LogP contribution in [0.1, 0.15) is 46.3 Å². The number of aromatic hydroxyl groups is 1. The molecule has 1 aliphatic heterocycles. The van der Waals surface area contributed by atoms with E-state index in [2.05, 4.69) is 15.5 Å². The second-order valence-electron chi connectivity index (χ2n) is 8.48. The van der Waals surface area contributed by atoms with Crippen LogP contribution in [0.15, 0.2) is 36.4 Å². The van der Waals surface area contributed by atoms with Crippen molar-refractivity contribution in [2.45, 2.75) is 38.6 Å². The van der Waals surface area contributed by atoms with E-state index in [0.29, 0.717) is 24.2 Å². The number of carbonyl (C=O) groups excluding carboxylic acids is 2. The lowest BCUT2D eigenvalue weighted by molar-refractivity contribution is -0.116. The lowest BCUT2D eigenvalue weighted by Crippen LogP contribution is -2.38. The van der Waals surface area contributed by atoms with Gasteiger partial charge in [-0.05, 0) is 66.6 Å². The van der Waals surface area contributed by atoms with Gasteiger partial charge in [-0.1, -0.05) is 12.1 Å². The van der Waals surface area contributed by atoms with Gasteiger partial charge in [0, 0.05) is 38.3 Å². The van der Waals surface area contributed by atoms with Gasteiger partial charge in [-0.2, -0.15) is 0 Å². The van der Waals surface area contributed by atoms with Crippen LogP contribution in [0.3, 0.4) is 0 Å². The van der Waals surface area contributed by atoms with Crippen molar-refractivity contribution in [2.24, 2.45) is 0 Å².